The highest BCUT2D eigenvalue weighted by molar-refractivity contribution is 7.07. The van der Waals surface area contributed by atoms with Gasteiger partial charge in [-0.05, 0) is 86.9 Å². The predicted molar refractivity (Wildman–Crippen MR) is 173 cm³/mol. The highest BCUT2D eigenvalue weighted by atomic mass is 32.1. The molecule has 0 bridgehead atoms. The Morgan fingerprint density at radius 2 is 1.80 bits per heavy atom. The Kier molecular flexibility index (Phi) is 9.67. The maximum atomic E-state index is 14.0. The first-order chi connectivity index (χ1) is 22.1. The average Bonchev–Trinajstić information content (AvgIpc) is 3.33. The highest BCUT2D eigenvalue weighted by Gasteiger charge is 2.33. The number of nitro groups is 1. The van der Waals surface area contributed by atoms with E-state index in [0.717, 1.165) is 11.1 Å². The lowest BCUT2D eigenvalue weighted by Gasteiger charge is -2.25. The van der Waals surface area contributed by atoms with Crippen molar-refractivity contribution < 1.29 is 28.7 Å². The first-order valence-electron chi connectivity index (χ1n) is 14.6. The Hall–Kier alpha value is -5.23. The van der Waals surface area contributed by atoms with Crippen molar-refractivity contribution in [2.45, 2.75) is 46.4 Å². The Labute approximate surface area is 268 Å². The minimum Gasteiger partial charge on any atom is -0.493 e. The van der Waals surface area contributed by atoms with E-state index in [1.165, 1.54) is 35.1 Å². The molecule has 0 saturated carbocycles. The lowest BCUT2D eigenvalue weighted by atomic mass is 9.96. The smallest absolute Gasteiger partial charge is 0.338 e. The summed E-state index contributed by atoms with van der Waals surface area (Å²) < 4.78 is 24.6. The summed E-state index contributed by atoms with van der Waals surface area (Å²) in [5.74, 6) is 1.07. The van der Waals surface area contributed by atoms with Gasteiger partial charge < -0.3 is 18.9 Å². The number of hydrogen-bond donors (Lipinski definition) is 0. The van der Waals surface area contributed by atoms with E-state index >= 15 is 0 Å². The summed E-state index contributed by atoms with van der Waals surface area (Å²) in [5.41, 5.74) is 2.65. The average molecular weight is 644 g/mol. The summed E-state index contributed by atoms with van der Waals surface area (Å²) >= 11 is 1.22. The summed E-state index contributed by atoms with van der Waals surface area (Å²) in [6, 6.07) is 18.0. The number of thiazole rings is 1. The van der Waals surface area contributed by atoms with Gasteiger partial charge in [0.1, 0.15) is 12.4 Å². The number of rotatable bonds is 11. The quantitative estimate of drug-likeness (QED) is 0.126. The summed E-state index contributed by atoms with van der Waals surface area (Å²) in [5, 5.41) is 10.9. The SMILES string of the molecule is CCOC(=O)C1=C(C)N=c2s/c(=C\c3ccc(OCc4ccc([N+](=O)[O-])cc4)c(OC)c3)c(=O)n2[C@@H]1c1ccc(OC(C)C)cc1. The zero-order valence-corrected chi connectivity index (χ0v) is 26.8. The Morgan fingerprint density at radius 1 is 1.09 bits per heavy atom. The minimum absolute atomic E-state index is 0.00343. The molecule has 1 aliphatic heterocycles. The maximum absolute atomic E-state index is 14.0. The van der Waals surface area contributed by atoms with Gasteiger partial charge in [0.05, 0.1) is 46.6 Å². The first kappa shape index (κ1) is 32.2. The molecule has 12 heteroatoms. The van der Waals surface area contributed by atoms with Gasteiger partial charge in [-0.2, -0.15) is 0 Å². The molecule has 11 nitrogen and oxygen atoms in total. The van der Waals surface area contributed by atoms with Gasteiger partial charge in [0.25, 0.3) is 11.2 Å². The van der Waals surface area contributed by atoms with Crippen LogP contribution in [0.3, 0.4) is 0 Å². The van der Waals surface area contributed by atoms with E-state index < -0.39 is 16.9 Å². The van der Waals surface area contributed by atoms with E-state index in [1.54, 1.807) is 50.3 Å². The topological polar surface area (TPSA) is 131 Å². The van der Waals surface area contributed by atoms with Crippen molar-refractivity contribution in [2.24, 2.45) is 4.99 Å². The van der Waals surface area contributed by atoms with Gasteiger partial charge in [0, 0.05) is 12.1 Å². The largest absolute Gasteiger partial charge is 0.493 e. The number of carbonyl (C=O) groups is 1. The molecule has 0 unspecified atom stereocenters. The van der Waals surface area contributed by atoms with Crippen molar-refractivity contribution in [3.8, 4) is 17.2 Å². The molecule has 0 N–H and O–H groups in total. The van der Waals surface area contributed by atoms with Crippen LogP contribution in [0.4, 0.5) is 5.69 Å². The van der Waals surface area contributed by atoms with Crippen LogP contribution in [-0.2, 0) is 16.1 Å². The molecule has 4 aromatic rings. The van der Waals surface area contributed by atoms with Crippen LogP contribution in [0.2, 0.25) is 0 Å². The molecule has 5 rings (SSSR count). The lowest BCUT2D eigenvalue weighted by molar-refractivity contribution is -0.384. The molecular formula is C34H33N3O8S. The molecule has 3 aromatic carbocycles. The standard InChI is InChI=1S/C34H33N3O8S/c1-6-43-33(39)30-21(4)35-34-36(31(30)24-10-14-26(15-11-24)45-20(2)3)32(38)29(46-34)18-23-9-16-27(28(17-23)42-5)44-19-22-7-12-25(13-8-22)37(40)41/h7-18,20,31H,6,19H2,1-5H3/b29-18-/t31-/m1/s1. The second-order valence-electron chi connectivity index (χ2n) is 10.7. The molecule has 0 spiro atoms. The third kappa shape index (κ3) is 6.86. The third-order valence-corrected chi connectivity index (χ3v) is 8.09. The van der Waals surface area contributed by atoms with E-state index in [1.807, 2.05) is 38.1 Å². The van der Waals surface area contributed by atoms with Gasteiger partial charge >= 0.3 is 5.97 Å². The van der Waals surface area contributed by atoms with Crippen LogP contribution in [0.25, 0.3) is 6.08 Å². The summed E-state index contributed by atoms with van der Waals surface area (Å²) in [4.78, 5) is 42.7. The zero-order valence-electron chi connectivity index (χ0n) is 26.0. The van der Waals surface area contributed by atoms with Crippen LogP contribution in [0.5, 0.6) is 17.2 Å². The number of ether oxygens (including phenoxy) is 4. The van der Waals surface area contributed by atoms with Crippen molar-refractivity contribution in [3.63, 3.8) is 0 Å². The molecule has 46 heavy (non-hydrogen) atoms. The van der Waals surface area contributed by atoms with Crippen LogP contribution < -0.4 is 29.1 Å². The van der Waals surface area contributed by atoms with Crippen LogP contribution in [0.1, 0.15) is 50.4 Å². The molecule has 0 fully saturated rings. The summed E-state index contributed by atoms with van der Waals surface area (Å²) in [6.07, 6.45) is 1.74. The molecule has 238 valence electrons. The third-order valence-electron chi connectivity index (χ3n) is 7.11. The van der Waals surface area contributed by atoms with Crippen molar-refractivity contribution in [1.29, 1.82) is 0 Å². The van der Waals surface area contributed by atoms with Crippen molar-refractivity contribution in [2.75, 3.05) is 13.7 Å². The van der Waals surface area contributed by atoms with Crippen LogP contribution >= 0.6 is 11.3 Å². The Balaban J connectivity index is 1.50. The molecule has 1 atom stereocenters. The van der Waals surface area contributed by atoms with Gasteiger partial charge in [-0.1, -0.05) is 29.5 Å². The Morgan fingerprint density at radius 3 is 2.43 bits per heavy atom. The summed E-state index contributed by atoms with van der Waals surface area (Å²) in [6.45, 7) is 7.72. The number of carbonyl (C=O) groups excluding carboxylic acids is 1. The molecule has 0 radical (unpaired) electrons. The number of nitro benzene ring substituents is 1. The number of esters is 1. The predicted octanol–water partition coefficient (Wildman–Crippen LogP) is 5.08. The number of nitrogens with zero attached hydrogens (tertiary/aromatic N) is 3. The molecule has 0 aliphatic carbocycles. The van der Waals surface area contributed by atoms with Gasteiger partial charge in [-0.15, -0.1) is 0 Å². The van der Waals surface area contributed by atoms with Gasteiger partial charge in [0.15, 0.2) is 16.3 Å². The van der Waals surface area contributed by atoms with Gasteiger partial charge in [0.2, 0.25) is 0 Å². The number of methoxy groups -OCH3 is 1. The number of fused-ring (bicyclic) bond motifs is 1. The monoisotopic (exact) mass is 643 g/mol. The van der Waals surface area contributed by atoms with Crippen molar-refractivity contribution >= 4 is 29.1 Å². The first-order valence-corrected chi connectivity index (χ1v) is 15.4. The second kappa shape index (κ2) is 13.8. The van der Waals surface area contributed by atoms with Crippen LogP contribution in [0.15, 0.2) is 87.8 Å². The normalized spacial score (nSPS) is 14.5. The molecular weight excluding hydrogens is 610 g/mol. The Bertz CT molecular complexity index is 1980. The molecule has 1 aromatic heterocycles. The van der Waals surface area contributed by atoms with Crippen molar-refractivity contribution in [1.82, 2.24) is 4.57 Å². The number of benzene rings is 3. The minimum atomic E-state index is -0.740. The number of hydrogen-bond acceptors (Lipinski definition) is 10. The fraction of sp³-hybridized carbons (Fsp3) is 0.265. The van der Waals surface area contributed by atoms with Gasteiger partial charge in [-0.25, -0.2) is 9.79 Å². The second-order valence-corrected chi connectivity index (χ2v) is 11.7. The molecule has 1 aliphatic rings. The fourth-order valence-corrected chi connectivity index (χ4v) is 6.07. The molecule has 2 heterocycles. The highest BCUT2D eigenvalue weighted by Crippen LogP contribution is 2.32. The molecule has 0 amide bonds. The van der Waals surface area contributed by atoms with E-state index in [-0.39, 0.29) is 30.6 Å². The summed E-state index contributed by atoms with van der Waals surface area (Å²) in [7, 11) is 1.52. The fourth-order valence-electron chi connectivity index (χ4n) is 5.03. The van der Waals surface area contributed by atoms with E-state index in [9.17, 15) is 19.7 Å². The van der Waals surface area contributed by atoms with Crippen molar-refractivity contribution in [3.05, 3.63) is 124 Å². The maximum Gasteiger partial charge on any atom is 0.338 e. The molecule has 0 saturated heterocycles. The van der Waals surface area contributed by atoms with Gasteiger partial charge in [-0.3, -0.25) is 19.5 Å². The number of non-ortho nitro benzene ring substituents is 1. The lowest BCUT2D eigenvalue weighted by Crippen LogP contribution is -2.39. The van der Waals surface area contributed by atoms with Crippen LogP contribution in [0, 0.1) is 10.1 Å². The number of allylic oxidation sites excluding steroid dienone is 1. The van der Waals surface area contributed by atoms with E-state index in [0.29, 0.717) is 43.4 Å². The van der Waals surface area contributed by atoms with E-state index in [2.05, 4.69) is 4.99 Å². The zero-order chi connectivity index (χ0) is 33.0. The van der Waals surface area contributed by atoms with E-state index in [4.69, 9.17) is 18.9 Å². The number of aromatic nitrogens is 1. The van der Waals surface area contributed by atoms with Crippen LogP contribution in [-0.4, -0.2) is 35.3 Å².